The van der Waals surface area contributed by atoms with Gasteiger partial charge in [-0.15, -0.1) is 0 Å². The Labute approximate surface area is 148 Å². The van der Waals surface area contributed by atoms with Crippen molar-refractivity contribution in [3.8, 4) is 0 Å². The van der Waals surface area contributed by atoms with Crippen LogP contribution >= 0.6 is 0 Å². The van der Waals surface area contributed by atoms with Crippen molar-refractivity contribution in [3.63, 3.8) is 0 Å². The fourth-order valence-electron chi connectivity index (χ4n) is 3.67. The highest BCUT2D eigenvalue weighted by molar-refractivity contribution is 5.71. The lowest BCUT2D eigenvalue weighted by Gasteiger charge is -2.40. The number of quaternary nitrogens is 1. The minimum atomic E-state index is -1.50. The molecule has 1 rings (SSSR count). The van der Waals surface area contributed by atoms with Gasteiger partial charge < -0.3 is 30.0 Å². The van der Waals surface area contributed by atoms with Crippen molar-refractivity contribution >= 4 is 11.9 Å². The predicted molar refractivity (Wildman–Crippen MR) is 89.9 cm³/mol. The van der Waals surface area contributed by atoms with Crippen LogP contribution in [0.5, 0.6) is 0 Å². The zero-order chi connectivity index (χ0) is 19.0. The maximum Gasteiger partial charge on any atom is 0.315 e. The van der Waals surface area contributed by atoms with Gasteiger partial charge in [-0.1, -0.05) is 13.3 Å². The number of rotatable bonds is 10. The van der Waals surface area contributed by atoms with Crippen LogP contribution in [0.4, 0.5) is 0 Å². The van der Waals surface area contributed by atoms with Crippen LogP contribution in [-0.2, 0) is 9.59 Å². The molecule has 0 aromatic rings. The highest BCUT2D eigenvalue weighted by atomic mass is 16.4. The number of aliphatic carboxylic acids is 2. The molecule has 0 bridgehead atoms. The molecule has 8 nitrogen and oxygen atoms in total. The molecule has 25 heavy (non-hydrogen) atoms. The van der Waals surface area contributed by atoms with Crippen molar-refractivity contribution in [1.29, 1.82) is 0 Å². The largest absolute Gasteiger partial charge is 0.481 e. The highest BCUT2D eigenvalue weighted by Crippen LogP contribution is 2.26. The summed E-state index contributed by atoms with van der Waals surface area (Å²) < 4.78 is 0.327. The van der Waals surface area contributed by atoms with E-state index >= 15 is 0 Å². The molecule has 146 valence electrons. The van der Waals surface area contributed by atoms with E-state index in [0.29, 0.717) is 36.8 Å². The van der Waals surface area contributed by atoms with Crippen LogP contribution in [0.3, 0.4) is 0 Å². The zero-order valence-electron chi connectivity index (χ0n) is 14.9. The van der Waals surface area contributed by atoms with E-state index in [9.17, 15) is 30.0 Å². The molecule has 0 spiro atoms. The summed E-state index contributed by atoms with van der Waals surface area (Å²) in [7, 11) is 0. The number of carboxylic acid groups (broad SMARTS) is 2. The van der Waals surface area contributed by atoms with Gasteiger partial charge in [0.05, 0.1) is 19.6 Å². The maximum atomic E-state index is 11.6. The van der Waals surface area contributed by atoms with E-state index in [1.54, 1.807) is 0 Å². The van der Waals surface area contributed by atoms with Crippen LogP contribution < -0.4 is 0 Å². The van der Waals surface area contributed by atoms with Crippen LogP contribution in [0.25, 0.3) is 0 Å². The Morgan fingerprint density at radius 3 is 2.12 bits per heavy atom. The normalized spacial score (nSPS) is 33.0. The first-order valence-electron chi connectivity index (χ1n) is 9.06. The van der Waals surface area contributed by atoms with Crippen LogP contribution in [0.2, 0.25) is 0 Å². The SMILES string of the molecule is CCCC[N+]1(CCCCCC(=O)O)C[C@H](O)[C@@H](O)[C@H](O)[C@H](C(=O)O)C1. The lowest BCUT2D eigenvalue weighted by molar-refractivity contribution is -0.932. The topological polar surface area (TPSA) is 135 Å². The van der Waals surface area contributed by atoms with Crippen molar-refractivity contribution in [2.24, 2.45) is 5.92 Å². The molecular formula is C17H32NO7+. The second kappa shape index (κ2) is 10.1. The number of aliphatic hydroxyl groups is 3. The molecule has 0 amide bonds. The van der Waals surface area contributed by atoms with E-state index in [2.05, 4.69) is 0 Å². The fourth-order valence-corrected chi connectivity index (χ4v) is 3.67. The smallest absolute Gasteiger partial charge is 0.315 e. The second-order valence-electron chi connectivity index (χ2n) is 7.21. The molecule has 1 aliphatic heterocycles. The summed E-state index contributed by atoms with van der Waals surface area (Å²) in [5.41, 5.74) is 0. The first-order chi connectivity index (χ1) is 11.7. The van der Waals surface area contributed by atoms with Gasteiger partial charge in [-0.3, -0.25) is 9.59 Å². The van der Waals surface area contributed by atoms with E-state index < -0.39 is 36.2 Å². The maximum absolute atomic E-state index is 11.6. The van der Waals surface area contributed by atoms with E-state index in [1.165, 1.54) is 0 Å². The van der Waals surface area contributed by atoms with E-state index in [4.69, 9.17) is 5.11 Å². The van der Waals surface area contributed by atoms with Crippen LogP contribution in [0.1, 0.15) is 45.4 Å². The minimum Gasteiger partial charge on any atom is -0.481 e. The molecular weight excluding hydrogens is 330 g/mol. The Morgan fingerprint density at radius 1 is 0.920 bits per heavy atom. The molecule has 5 N–H and O–H groups in total. The van der Waals surface area contributed by atoms with Gasteiger partial charge in [-0.05, 0) is 25.7 Å². The van der Waals surface area contributed by atoms with Crippen molar-refractivity contribution in [2.45, 2.75) is 63.8 Å². The molecule has 0 saturated carbocycles. The van der Waals surface area contributed by atoms with Crippen LogP contribution in [0.15, 0.2) is 0 Å². The number of carboxylic acids is 2. The molecule has 1 unspecified atom stereocenters. The number of likely N-dealkylation sites (tertiary alicyclic amines) is 1. The summed E-state index contributed by atoms with van der Waals surface area (Å²) in [5, 5.41) is 48.5. The number of unbranched alkanes of at least 4 members (excludes halogenated alkanes) is 3. The van der Waals surface area contributed by atoms with Crippen molar-refractivity contribution in [2.75, 3.05) is 26.2 Å². The van der Waals surface area contributed by atoms with Crippen LogP contribution in [-0.4, -0.2) is 86.4 Å². The second-order valence-corrected chi connectivity index (χ2v) is 7.21. The third-order valence-electron chi connectivity index (χ3n) is 5.14. The highest BCUT2D eigenvalue weighted by Gasteiger charge is 2.47. The molecule has 0 aromatic heterocycles. The molecule has 8 heteroatoms. The summed E-state index contributed by atoms with van der Waals surface area (Å²) in [4.78, 5) is 22.1. The quantitative estimate of drug-likeness (QED) is 0.274. The third kappa shape index (κ3) is 6.54. The van der Waals surface area contributed by atoms with Gasteiger partial charge in [-0.2, -0.15) is 0 Å². The number of carbonyl (C=O) groups is 2. The Balaban J connectivity index is 2.87. The average molecular weight is 362 g/mol. The molecule has 0 aromatic carbocycles. The third-order valence-corrected chi connectivity index (χ3v) is 5.14. The zero-order valence-corrected chi connectivity index (χ0v) is 14.9. The van der Waals surface area contributed by atoms with Gasteiger partial charge in [0.25, 0.3) is 0 Å². The number of hydrogen-bond acceptors (Lipinski definition) is 5. The molecule has 1 fully saturated rings. The molecule has 1 aliphatic rings. The monoisotopic (exact) mass is 362 g/mol. The first-order valence-corrected chi connectivity index (χ1v) is 9.06. The van der Waals surface area contributed by atoms with Gasteiger partial charge in [0, 0.05) is 6.42 Å². The summed E-state index contributed by atoms with van der Waals surface area (Å²) >= 11 is 0. The number of aliphatic hydroxyl groups excluding tert-OH is 3. The van der Waals surface area contributed by atoms with Gasteiger partial charge in [-0.25, -0.2) is 0 Å². The molecule has 1 saturated heterocycles. The average Bonchev–Trinajstić information content (AvgIpc) is 2.63. The van der Waals surface area contributed by atoms with E-state index in [0.717, 1.165) is 12.8 Å². The summed E-state index contributed by atoms with van der Waals surface area (Å²) in [5.74, 6) is -3.15. The standard InChI is InChI=1S/C17H31NO7/c1-2-3-8-18(9-6-4-5-7-14(20)21)10-12(17(24)25)15(22)16(23)13(19)11-18/h12-13,15-16,19,22-23H,2-11H2,1H3,(H-,20,21,24,25)/p+1/t12-,13+,15-,16-,18?/m1/s1. The van der Waals surface area contributed by atoms with Gasteiger partial charge in [0.15, 0.2) is 0 Å². The Morgan fingerprint density at radius 2 is 1.56 bits per heavy atom. The first kappa shape index (κ1) is 21.8. The van der Waals surface area contributed by atoms with Crippen molar-refractivity contribution < 1.29 is 39.6 Å². The van der Waals surface area contributed by atoms with Crippen LogP contribution in [0, 0.1) is 5.92 Å². The molecule has 0 radical (unpaired) electrons. The summed E-state index contributed by atoms with van der Waals surface area (Å²) in [6.07, 6.45) is -0.324. The van der Waals surface area contributed by atoms with Crippen molar-refractivity contribution in [1.82, 2.24) is 0 Å². The van der Waals surface area contributed by atoms with Gasteiger partial charge in [0.1, 0.15) is 30.8 Å². The Hall–Kier alpha value is -1.22. The minimum absolute atomic E-state index is 0.104. The van der Waals surface area contributed by atoms with Gasteiger partial charge >= 0.3 is 11.9 Å². The number of hydrogen-bond donors (Lipinski definition) is 5. The Bertz CT molecular complexity index is 445. The summed E-state index contributed by atoms with van der Waals surface area (Å²) in [6, 6.07) is 0. The summed E-state index contributed by atoms with van der Waals surface area (Å²) in [6.45, 7) is 3.64. The lowest BCUT2D eigenvalue weighted by Crippen LogP contribution is -2.55. The predicted octanol–water partition coefficient (Wildman–Crippen LogP) is 0.0454. The van der Waals surface area contributed by atoms with E-state index in [1.807, 2.05) is 6.92 Å². The van der Waals surface area contributed by atoms with Crippen molar-refractivity contribution in [3.05, 3.63) is 0 Å². The van der Waals surface area contributed by atoms with E-state index in [-0.39, 0.29) is 19.5 Å². The number of nitrogens with zero attached hydrogens (tertiary/aromatic N) is 1. The molecule has 5 atom stereocenters. The molecule has 1 heterocycles. The Kier molecular flexibility index (Phi) is 8.78. The fraction of sp³-hybridized carbons (Fsp3) is 0.882. The lowest BCUT2D eigenvalue weighted by atomic mass is 9.96. The van der Waals surface area contributed by atoms with Gasteiger partial charge in [0.2, 0.25) is 0 Å². The molecule has 0 aliphatic carbocycles.